The molecule has 108 valence electrons. The third-order valence-electron chi connectivity index (χ3n) is 3.56. The minimum atomic E-state index is 0.773. The highest BCUT2D eigenvalue weighted by Gasteiger charge is 2.05. The fourth-order valence-electron chi connectivity index (χ4n) is 2.45. The molecule has 4 nitrogen and oxygen atoms in total. The van der Waals surface area contributed by atoms with Crippen LogP contribution in [0.1, 0.15) is 23.7 Å². The van der Waals surface area contributed by atoms with E-state index in [1.54, 1.807) is 6.20 Å². The van der Waals surface area contributed by atoms with Crippen LogP contribution in [0.4, 0.5) is 0 Å². The van der Waals surface area contributed by atoms with E-state index < -0.39 is 0 Å². The molecule has 1 N–H and O–H groups in total. The number of hydrogen-bond acceptors (Lipinski definition) is 3. The first-order valence-corrected chi connectivity index (χ1v) is 7.82. The number of nitrogens with zero attached hydrogens (tertiary/aromatic N) is 3. The highest BCUT2D eigenvalue weighted by atomic mass is 79.9. The van der Waals surface area contributed by atoms with Gasteiger partial charge in [-0.25, -0.2) is 9.97 Å². The molecule has 0 aliphatic heterocycles. The van der Waals surface area contributed by atoms with Crippen molar-refractivity contribution in [2.24, 2.45) is 0 Å². The van der Waals surface area contributed by atoms with Gasteiger partial charge < -0.3 is 5.32 Å². The summed E-state index contributed by atoms with van der Waals surface area (Å²) in [6.45, 7) is 3.83. The maximum atomic E-state index is 4.36. The number of halogens is 1. The van der Waals surface area contributed by atoms with Gasteiger partial charge in [-0.05, 0) is 33.5 Å². The second-order valence-corrected chi connectivity index (χ2v) is 5.73. The lowest BCUT2D eigenvalue weighted by atomic mass is 10.1. The molecule has 2 heterocycles. The predicted octanol–water partition coefficient (Wildman–Crippen LogP) is 3.34. The zero-order chi connectivity index (χ0) is 14.7. The number of aryl methyl sites for hydroxylation is 1. The van der Waals surface area contributed by atoms with Crippen LogP contribution in [-0.2, 0) is 19.5 Å². The highest BCUT2D eigenvalue weighted by Crippen LogP contribution is 2.12. The maximum absolute atomic E-state index is 4.36. The lowest BCUT2D eigenvalue weighted by Gasteiger charge is -2.09. The lowest BCUT2D eigenvalue weighted by Crippen LogP contribution is -2.15. The van der Waals surface area contributed by atoms with Crippen molar-refractivity contribution in [3.8, 4) is 0 Å². The molecule has 3 aromatic rings. The van der Waals surface area contributed by atoms with Gasteiger partial charge in [-0.3, -0.25) is 4.40 Å². The second kappa shape index (κ2) is 6.37. The standard InChI is InChI=1S/C16H17BrN4/c1-2-12-5-3-4-6-13(12)7-18-8-14-9-20-16-10-19-15(17)11-21(14)16/h3-6,9-11,18H,2,7-8H2,1H3. The summed E-state index contributed by atoms with van der Waals surface area (Å²) in [7, 11) is 0. The van der Waals surface area contributed by atoms with Gasteiger partial charge in [0.1, 0.15) is 4.60 Å². The molecule has 21 heavy (non-hydrogen) atoms. The molecule has 1 aromatic carbocycles. The van der Waals surface area contributed by atoms with Crippen molar-refractivity contribution in [1.29, 1.82) is 0 Å². The Morgan fingerprint density at radius 3 is 2.71 bits per heavy atom. The van der Waals surface area contributed by atoms with Crippen LogP contribution in [0.2, 0.25) is 0 Å². The van der Waals surface area contributed by atoms with E-state index in [0.29, 0.717) is 0 Å². The number of imidazole rings is 1. The molecule has 0 bridgehead atoms. The summed E-state index contributed by atoms with van der Waals surface area (Å²) in [5, 5.41) is 3.49. The Kier molecular flexibility index (Phi) is 4.31. The largest absolute Gasteiger partial charge is 0.307 e. The Morgan fingerprint density at radius 1 is 1.10 bits per heavy atom. The molecule has 0 aliphatic carbocycles. The smallest absolute Gasteiger partial charge is 0.155 e. The lowest BCUT2D eigenvalue weighted by molar-refractivity contribution is 0.671. The number of hydrogen-bond donors (Lipinski definition) is 1. The Labute approximate surface area is 132 Å². The molecule has 0 aliphatic rings. The molecule has 0 saturated carbocycles. The van der Waals surface area contributed by atoms with Gasteiger partial charge in [0.15, 0.2) is 5.65 Å². The van der Waals surface area contributed by atoms with E-state index in [9.17, 15) is 0 Å². The quantitative estimate of drug-likeness (QED) is 0.771. The van der Waals surface area contributed by atoms with Gasteiger partial charge in [0.25, 0.3) is 0 Å². The maximum Gasteiger partial charge on any atom is 0.155 e. The molecule has 0 unspecified atom stereocenters. The summed E-state index contributed by atoms with van der Waals surface area (Å²) in [5.74, 6) is 0. The molecule has 2 aromatic heterocycles. The van der Waals surface area contributed by atoms with Crippen LogP contribution in [0, 0.1) is 0 Å². The van der Waals surface area contributed by atoms with Crippen LogP contribution >= 0.6 is 15.9 Å². The molecule has 0 atom stereocenters. The number of benzene rings is 1. The second-order valence-electron chi connectivity index (χ2n) is 4.91. The topological polar surface area (TPSA) is 42.2 Å². The van der Waals surface area contributed by atoms with Crippen LogP contribution < -0.4 is 5.32 Å². The van der Waals surface area contributed by atoms with Crippen LogP contribution in [0.15, 0.2) is 47.5 Å². The molecule has 0 saturated heterocycles. The minimum absolute atomic E-state index is 0.773. The van der Waals surface area contributed by atoms with Gasteiger partial charge in [0.05, 0.1) is 18.1 Å². The van der Waals surface area contributed by atoms with E-state index in [1.807, 2.05) is 12.4 Å². The Morgan fingerprint density at radius 2 is 1.90 bits per heavy atom. The summed E-state index contributed by atoms with van der Waals surface area (Å²) in [5.41, 5.74) is 4.75. The Hall–Kier alpha value is -1.72. The van der Waals surface area contributed by atoms with Gasteiger partial charge in [0.2, 0.25) is 0 Å². The Bertz CT molecular complexity index is 751. The molecule has 0 amide bonds. The normalized spacial score (nSPS) is 11.1. The van der Waals surface area contributed by atoms with Gasteiger partial charge in [-0.2, -0.15) is 0 Å². The van der Waals surface area contributed by atoms with E-state index in [1.165, 1.54) is 11.1 Å². The van der Waals surface area contributed by atoms with E-state index in [0.717, 1.165) is 35.5 Å². The zero-order valence-electron chi connectivity index (χ0n) is 11.9. The average molecular weight is 345 g/mol. The van der Waals surface area contributed by atoms with E-state index >= 15 is 0 Å². The van der Waals surface area contributed by atoms with Crippen molar-refractivity contribution in [2.45, 2.75) is 26.4 Å². The van der Waals surface area contributed by atoms with Crippen molar-refractivity contribution in [1.82, 2.24) is 19.7 Å². The SMILES string of the molecule is CCc1ccccc1CNCc1cnc2cnc(Br)cn12. The van der Waals surface area contributed by atoms with Gasteiger partial charge in [-0.15, -0.1) is 0 Å². The van der Waals surface area contributed by atoms with Gasteiger partial charge in [-0.1, -0.05) is 31.2 Å². The summed E-state index contributed by atoms with van der Waals surface area (Å²) in [6.07, 6.45) is 6.66. The molecule has 0 fully saturated rings. The fraction of sp³-hybridized carbons (Fsp3) is 0.250. The van der Waals surface area contributed by atoms with Crippen LogP contribution in [-0.4, -0.2) is 14.4 Å². The number of fused-ring (bicyclic) bond motifs is 1. The summed E-state index contributed by atoms with van der Waals surface area (Å²) in [6, 6.07) is 8.55. The zero-order valence-corrected chi connectivity index (χ0v) is 13.5. The first kappa shape index (κ1) is 14.2. The van der Waals surface area contributed by atoms with Crippen molar-refractivity contribution in [2.75, 3.05) is 0 Å². The summed E-state index contributed by atoms with van der Waals surface area (Å²) >= 11 is 3.39. The number of aromatic nitrogens is 3. The van der Waals surface area contributed by atoms with Crippen LogP contribution in [0.3, 0.4) is 0 Å². The minimum Gasteiger partial charge on any atom is -0.307 e. The van der Waals surface area contributed by atoms with E-state index in [4.69, 9.17) is 0 Å². The van der Waals surface area contributed by atoms with E-state index in [-0.39, 0.29) is 0 Å². The Balaban J connectivity index is 1.71. The molecule has 3 rings (SSSR count). The van der Waals surface area contributed by atoms with Crippen molar-refractivity contribution in [3.05, 3.63) is 64.3 Å². The third kappa shape index (κ3) is 3.14. The molecule has 5 heteroatoms. The molecule has 0 radical (unpaired) electrons. The molecular formula is C16H17BrN4. The number of rotatable bonds is 5. The predicted molar refractivity (Wildman–Crippen MR) is 87.1 cm³/mol. The van der Waals surface area contributed by atoms with Gasteiger partial charge in [0, 0.05) is 19.3 Å². The molecule has 0 spiro atoms. The van der Waals surface area contributed by atoms with Crippen molar-refractivity contribution >= 4 is 21.6 Å². The van der Waals surface area contributed by atoms with Crippen molar-refractivity contribution < 1.29 is 0 Å². The van der Waals surface area contributed by atoms with Crippen LogP contribution in [0.5, 0.6) is 0 Å². The summed E-state index contributed by atoms with van der Waals surface area (Å²) < 4.78 is 2.86. The van der Waals surface area contributed by atoms with E-state index in [2.05, 4.69) is 66.8 Å². The first-order valence-electron chi connectivity index (χ1n) is 7.03. The monoisotopic (exact) mass is 344 g/mol. The fourth-order valence-corrected chi connectivity index (χ4v) is 2.75. The molecular weight excluding hydrogens is 328 g/mol. The third-order valence-corrected chi connectivity index (χ3v) is 3.97. The highest BCUT2D eigenvalue weighted by molar-refractivity contribution is 9.10. The summed E-state index contributed by atoms with van der Waals surface area (Å²) in [4.78, 5) is 8.54. The van der Waals surface area contributed by atoms with Gasteiger partial charge >= 0.3 is 0 Å². The van der Waals surface area contributed by atoms with Crippen molar-refractivity contribution in [3.63, 3.8) is 0 Å². The average Bonchev–Trinajstić information content (AvgIpc) is 2.90. The first-order chi connectivity index (χ1) is 10.3. The number of nitrogens with one attached hydrogen (secondary N) is 1. The van der Waals surface area contributed by atoms with Crippen LogP contribution in [0.25, 0.3) is 5.65 Å².